The third kappa shape index (κ3) is 3.07. The first kappa shape index (κ1) is 21.4. The summed E-state index contributed by atoms with van der Waals surface area (Å²) in [6, 6.07) is 13.9. The van der Waals surface area contributed by atoms with Crippen molar-refractivity contribution in [3.05, 3.63) is 53.7 Å². The molecule has 32 heavy (non-hydrogen) atoms. The lowest BCUT2D eigenvalue weighted by molar-refractivity contribution is -0.659. The number of aryl methyl sites for hydroxylation is 3. The molecule has 3 aromatic carbocycles. The van der Waals surface area contributed by atoms with Crippen LogP contribution in [0, 0.1) is 13.8 Å². The molecular weight excluding hydrogens is 422 g/mol. The number of nitrogens with zero attached hydrogens (tertiary/aromatic N) is 1. The standard InChI is InChI=1S/C28H34NOSi2/c1-17-10-11-21-18(2)24-26-25-19(12-13-29(26)3)15-20(31(4,5)6)16-23(25)30-27(24)28(22(21)14-17)32(7,8)9/h10-16H,1-9H3/q+1. The molecule has 2 heterocycles. The van der Waals surface area contributed by atoms with Gasteiger partial charge in [0.1, 0.15) is 18.5 Å². The molecule has 0 unspecified atom stereocenters. The van der Waals surface area contributed by atoms with E-state index in [9.17, 15) is 0 Å². The highest BCUT2D eigenvalue weighted by atomic mass is 28.3. The third-order valence-electron chi connectivity index (χ3n) is 6.94. The molecule has 5 rings (SSSR count). The van der Waals surface area contributed by atoms with Gasteiger partial charge in [0, 0.05) is 6.07 Å². The number of aromatic nitrogens is 1. The first-order chi connectivity index (χ1) is 14.9. The van der Waals surface area contributed by atoms with Crippen LogP contribution in [0.1, 0.15) is 11.1 Å². The molecule has 0 atom stereocenters. The number of hydrogen-bond donors (Lipinski definition) is 0. The van der Waals surface area contributed by atoms with Crippen molar-refractivity contribution in [2.45, 2.75) is 53.1 Å². The van der Waals surface area contributed by atoms with Gasteiger partial charge >= 0.3 is 0 Å². The van der Waals surface area contributed by atoms with Crippen LogP contribution in [-0.2, 0) is 7.05 Å². The summed E-state index contributed by atoms with van der Waals surface area (Å²) in [6.07, 6.45) is 2.22. The van der Waals surface area contributed by atoms with Crippen LogP contribution in [0.3, 0.4) is 0 Å². The fourth-order valence-corrected chi connectivity index (χ4v) is 8.29. The number of benzene rings is 3. The van der Waals surface area contributed by atoms with Crippen molar-refractivity contribution in [3.8, 4) is 22.8 Å². The molecule has 2 nitrogen and oxygen atoms in total. The topological polar surface area (TPSA) is 13.1 Å². The first-order valence-electron chi connectivity index (χ1n) is 11.6. The zero-order valence-corrected chi connectivity index (χ0v) is 22.9. The van der Waals surface area contributed by atoms with Crippen LogP contribution in [0.5, 0.6) is 11.5 Å². The van der Waals surface area contributed by atoms with Gasteiger partial charge in [0.15, 0.2) is 6.20 Å². The normalized spacial score (nSPS) is 13.4. The molecule has 1 aromatic heterocycles. The van der Waals surface area contributed by atoms with E-state index < -0.39 is 16.1 Å². The molecule has 1 aliphatic rings. The molecule has 0 amide bonds. The maximum Gasteiger partial charge on any atom is 0.228 e. The fourth-order valence-electron chi connectivity index (χ4n) is 5.27. The van der Waals surface area contributed by atoms with Crippen LogP contribution < -0.4 is 19.7 Å². The van der Waals surface area contributed by atoms with E-state index in [0.29, 0.717) is 0 Å². The zero-order chi connectivity index (χ0) is 23.2. The predicted octanol–water partition coefficient (Wildman–Crippen LogP) is 6.30. The highest BCUT2D eigenvalue weighted by Crippen LogP contribution is 2.48. The Balaban J connectivity index is 2.01. The van der Waals surface area contributed by atoms with E-state index in [1.54, 1.807) is 0 Å². The summed E-state index contributed by atoms with van der Waals surface area (Å²) in [4.78, 5) is 0. The molecule has 0 fully saturated rings. The van der Waals surface area contributed by atoms with E-state index in [0.717, 1.165) is 11.5 Å². The van der Waals surface area contributed by atoms with Crippen molar-refractivity contribution in [2.24, 2.45) is 7.05 Å². The average molecular weight is 457 g/mol. The maximum absolute atomic E-state index is 6.97. The molecule has 0 bridgehead atoms. The lowest BCUT2D eigenvalue weighted by atomic mass is 9.91. The van der Waals surface area contributed by atoms with Crippen LogP contribution in [0.2, 0.25) is 39.3 Å². The summed E-state index contributed by atoms with van der Waals surface area (Å²) in [5, 5.41) is 8.16. The summed E-state index contributed by atoms with van der Waals surface area (Å²) in [5.74, 6) is 2.13. The summed E-state index contributed by atoms with van der Waals surface area (Å²) >= 11 is 0. The summed E-state index contributed by atoms with van der Waals surface area (Å²) in [7, 11) is -1.03. The Morgan fingerprint density at radius 2 is 1.53 bits per heavy atom. The van der Waals surface area contributed by atoms with E-state index in [1.165, 1.54) is 54.3 Å². The van der Waals surface area contributed by atoms with Gasteiger partial charge in [-0.3, -0.25) is 0 Å². The van der Waals surface area contributed by atoms with E-state index in [-0.39, 0.29) is 0 Å². The SMILES string of the molecule is Cc1ccc2c(C)c3c(c([Si](C)(C)C)c2c1)Oc1cc([Si](C)(C)C)cc2cc[n+](C)c-3c12. The molecule has 1 aliphatic heterocycles. The Morgan fingerprint density at radius 3 is 2.19 bits per heavy atom. The smallest absolute Gasteiger partial charge is 0.228 e. The van der Waals surface area contributed by atoms with Gasteiger partial charge in [-0.25, -0.2) is 4.57 Å². The van der Waals surface area contributed by atoms with Gasteiger partial charge in [-0.1, -0.05) is 74.3 Å². The average Bonchev–Trinajstić information content (AvgIpc) is 2.67. The molecule has 4 aromatic rings. The van der Waals surface area contributed by atoms with Gasteiger partial charge in [0.05, 0.1) is 27.1 Å². The van der Waals surface area contributed by atoms with Crippen molar-refractivity contribution >= 4 is 48.1 Å². The van der Waals surface area contributed by atoms with Crippen LogP contribution in [0.25, 0.3) is 32.8 Å². The first-order valence-corrected chi connectivity index (χ1v) is 18.6. The monoisotopic (exact) mass is 456 g/mol. The lowest BCUT2D eigenvalue weighted by Gasteiger charge is -2.30. The van der Waals surface area contributed by atoms with Gasteiger partial charge in [0.25, 0.3) is 0 Å². The van der Waals surface area contributed by atoms with Gasteiger partial charge < -0.3 is 4.74 Å². The second-order valence-electron chi connectivity index (χ2n) is 11.6. The molecule has 0 N–H and O–H groups in total. The molecule has 4 heteroatoms. The van der Waals surface area contributed by atoms with Crippen LogP contribution in [-0.4, -0.2) is 16.1 Å². The largest absolute Gasteiger partial charge is 0.456 e. The van der Waals surface area contributed by atoms with E-state index >= 15 is 0 Å². The predicted molar refractivity (Wildman–Crippen MR) is 144 cm³/mol. The van der Waals surface area contributed by atoms with Gasteiger partial charge in [-0.05, 0) is 46.8 Å². The molecule has 0 radical (unpaired) electrons. The van der Waals surface area contributed by atoms with Gasteiger partial charge in [-0.15, -0.1) is 0 Å². The number of ether oxygens (including phenoxy) is 1. The number of pyridine rings is 1. The van der Waals surface area contributed by atoms with E-state index in [1.807, 2.05) is 0 Å². The highest BCUT2D eigenvalue weighted by Gasteiger charge is 2.37. The quantitative estimate of drug-likeness (QED) is 0.224. The summed E-state index contributed by atoms with van der Waals surface area (Å²) in [6.45, 7) is 19.0. The van der Waals surface area contributed by atoms with E-state index in [2.05, 4.69) is 107 Å². The number of rotatable bonds is 2. The molecule has 0 saturated carbocycles. The molecule has 0 saturated heterocycles. The van der Waals surface area contributed by atoms with Gasteiger partial charge in [0.2, 0.25) is 5.69 Å². The minimum absolute atomic E-state index is 1.03. The van der Waals surface area contributed by atoms with Crippen LogP contribution >= 0.6 is 0 Å². The highest BCUT2D eigenvalue weighted by molar-refractivity contribution is 6.91. The van der Waals surface area contributed by atoms with Gasteiger partial charge in [-0.2, -0.15) is 0 Å². The van der Waals surface area contributed by atoms with Crippen molar-refractivity contribution in [2.75, 3.05) is 0 Å². The Bertz CT molecular complexity index is 1440. The zero-order valence-electron chi connectivity index (χ0n) is 20.9. The van der Waals surface area contributed by atoms with Crippen LogP contribution in [0.15, 0.2) is 42.6 Å². The Kier molecular flexibility index (Phi) is 4.54. The van der Waals surface area contributed by atoms with Crippen LogP contribution in [0.4, 0.5) is 0 Å². The number of fused-ring (bicyclic) bond motifs is 3. The summed E-state index contributed by atoms with van der Waals surface area (Å²) in [5.41, 5.74) is 5.20. The Morgan fingerprint density at radius 1 is 0.812 bits per heavy atom. The fraction of sp³-hybridized carbons (Fsp3) is 0.321. The summed E-state index contributed by atoms with van der Waals surface area (Å²) < 4.78 is 9.26. The third-order valence-corrected chi connectivity index (χ3v) is 11.0. The Hall–Kier alpha value is -2.44. The van der Waals surface area contributed by atoms with Crippen molar-refractivity contribution in [3.63, 3.8) is 0 Å². The molecule has 164 valence electrons. The van der Waals surface area contributed by atoms with Crippen molar-refractivity contribution in [1.82, 2.24) is 0 Å². The van der Waals surface area contributed by atoms with Crippen molar-refractivity contribution in [1.29, 1.82) is 0 Å². The minimum atomic E-state index is -1.72. The molecular formula is C28H34NOSi2+. The molecule has 0 spiro atoms. The minimum Gasteiger partial charge on any atom is -0.456 e. The number of hydrogen-bond acceptors (Lipinski definition) is 1. The van der Waals surface area contributed by atoms with E-state index in [4.69, 9.17) is 4.74 Å². The molecule has 0 aliphatic carbocycles. The second-order valence-corrected chi connectivity index (χ2v) is 21.6. The lowest BCUT2D eigenvalue weighted by Crippen LogP contribution is -2.41. The maximum atomic E-state index is 6.97. The Labute approximate surface area is 193 Å². The van der Waals surface area contributed by atoms with Crippen molar-refractivity contribution < 1.29 is 9.30 Å². The second kappa shape index (κ2) is 6.78.